The Kier molecular flexibility index (Phi) is 5.46. The first kappa shape index (κ1) is 18.5. The van der Waals surface area contributed by atoms with Gasteiger partial charge in [-0.1, -0.05) is 24.3 Å². The molecule has 0 heterocycles. The SMILES string of the molecule is CCOC(=O)NN(C(=O)OCC)C1(C)C(=O)C(C)=Cc2ccccc21. The van der Waals surface area contributed by atoms with Gasteiger partial charge in [-0.15, -0.1) is 0 Å². The van der Waals surface area contributed by atoms with Crippen molar-refractivity contribution in [2.45, 2.75) is 33.2 Å². The summed E-state index contributed by atoms with van der Waals surface area (Å²) in [4.78, 5) is 37.4. The number of carbonyl (C=O) groups is 3. The summed E-state index contributed by atoms with van der Waals surface area (Å²) in [5.74, 6) is -0.309. The Morgan fingerprint density at radius 2 is 1.80 bits per heavy atom. The second kappa shape index (κ2) is 7.38. The molecular formula is C18H22N2O5. The molecule has 0 aromatic heterocycles. The average Bonchev–Trinajstić information content (AvgIpc) is 2.58. The van der Waals surface area contributed by atoms with Gasteiger partial charge in [0.1, 0.15) is 0 Å². The lowest BCUT2D eigenvalue weighted by atomic mass is 9.77. The molecule has 0 aliphatic heterocycles. The molecule has 1 aromatic carbocycles. The molecule has 134 valence electrons. The lowest BCUT2D eigenvalue weighted by Crippen LogP contribution is -2.61. The van der Waals surface area contributed by atoms with Crippen molar-refractivity contribution >= 4 is 24.0 Å². The van der Waals surface area contributed by atoms with E-state index < -0.39 is 17.7 Å². The number of fused-ring (bicyclic) bond motifs is 1. The number of hydrogen-bond acceptors (Lipinski definition) is 5. The topological polar surface area (TPSA) is 84.9 Å². The number of nitrogens with zero attached hydrogens (tertiary/aromatic N) is 1. The van der Waals surface area contributed by atoms with Crippen molar-refractivity contribution in [1.82, 2.24) is 10.4 Å². The third kappa shape index (κ3) is 3.35. The van der Waals surface area contributed by atoms with Gasteiger partial charge < -0.3 is 9.47 Å². The Bertz CT molecular complexity index is 728. The summed E-state index contributed by atoms with van der Waals surface area (Å²) >= 11 is 0. The number of ketones is 1. The van der Waals surface area contributed by atoms with Gasteiger partial charge in [0.2, 0.25) is 0 Å². The van der Waals surface area contributed by atoms with E-state index in [1.165, 1.54) is 0 Å². The third-order valence-corrected chi connectivity index (χ3v) is 4.03. The maximum absolute atomic E-state index is 13.0. The normalized spacial score (nSPS) is 18.7. The number of rotatable bonds is 3. The lowest BCUT2D eigenvalue weighted by Gasteiger charge is -2.41. The molecule has 1 atom stereocenters. The van der Waals surface area contributed by atoms with Crippen molar-refractivity contribution in [3.05, 3.63) is 41.0 Å². The Hall–Kier alpha value is -2.83. The van der Waals surface area contributed by atoms with Gasteiger partial charge in [0.25, 0.3) is 0 Å². The summed E-state index contributed by atoms with van der Waals surface area (Å²) in [6.07, 6.45) is 0.0813. The molecule has 2 amide bonds. The molecule has 1 N–H and O–H groups in total. The van der Waals surface area contributed by atoms with E-state index in [4.69, 9.17) is 9.47 Å². The van der Waals surface area contributed by atoms with Gasteiger partial charge in [0, 0.05) is 0 Å². The van der Waals surface area contributed by atoms with Crippen LogP contribution in [0.5, 0.6) is 0 Å². The summed E-state index contributed by atoms with van der Waals surface area (Å²) in [5, 5.41) is 0.909. The van der Waals surface area contributed by atoms with Crippen LogP contribution in [-0.2, 0) is 19.8 Å². The number of amides is 2. The van der Waals surface area contributed by atoms with Crippen LogP contribution >= 0.6 is 0 Å². The summed E-state index contributed by atoms with van der Waals surface area (Å²) in [6.45, 7) is 6.76. The minimum atomic E-state index is -1.45. The monoisotopic (exact) mass is 346 g/mol. The van der Waals surface area contributed by atoms with Crippen LogP contribution in [-0.4, -0.2) is 36.2 Å². The molecule has 0 radical (unpaired) electrons. The van der Waals surface area contributed by atoms with Crippen LogP contribution < -0.4 is 5.43 Å². The minimum Gasteiger partial charge on any atom is -0.449 e. The highest BCUT2D eigenvalue weighted by Crippen LogP contribution is 2.38. The van der Waals surface area contributed by atoms with E-state index in [9.17, 15) is 14.4 Å². The predicted octanol–water partition coefficient (Wildman–Crippen LogP) is 3.01. The van der Waals surface area contributed by atoms with E-state index in [1.54, 1.807) is 45.9 Å². The second-order valence-electron chi connectivity index (χ2n) is 5.68. The quantitative estimate of drug-likeness (QED) is 0.851. The lowest BCUT2D eigenvalue weighted by molar-refractivity contribution is -0.128. The predicted molar refractivity (Wildman–Crippen MR) is 91.5 cm³/mol. The van der Waals surface area contributed by atoms with Crippen LogP contribution in [0, 0.1) is 0 Å². The fraction of sp³-hybridized carbons (Fsp3) is 0.389. The Morgan fingerprint density at radius 1 is 1.16 bits per heavy atom. The molecule has 25 heavy (non-hydrogen) atoms. The molecule has 1 aromatic rings. The maximum Gasteiger partial charge on any atom is 0.430 e. The highest BCUT2D eigenvalue weighted by atomic mass is 16.6. The summed E-state index contributed by atoms with van der Waals surface area (Å²) in [6, 6.07) is 7.20. The van der Waals surface area contributed by atoms with Crippen LogP contribution in [0.4, 0.5) is 9.59 Å². The minimum absolute atomic E-state index is 0.0978. The zero-order valence-electron chi connectivity index (χ0n) is 14.8. The number of nitrogens with one attached hydrogen (secondary N) is 1. The standard InChI is InChI=1S/C18H22N2O5/c1-5-24-16(22)19-20(17(23)25-6-2)18(4)14-10-8-7-9-13(14)11-12(3)15(18)21/h7-11H,5-6H2,1-4H3,(H,19,22). The van der Waals surface area contributed by atoms with E-state index in [2.05, 4.69) is 5.43 Å². The molecule has 1 aliphatic carbocycles. The van der Waals surface area contributed by atoms with Gasteiger partial charge >= 0.3 is 12.2 Å². The number of hydrogen-bond donors (Lipinski definition) is 1. The van der Waals surface area contributed by atoms with E-state index in [-0.39, 0.29) is 19.0 Å². The van der Waals surface area contributed by atoms with E-state index in [0.717, 1.165) is 10.6 Å². The van der Waals surface area contributed by atoms with Crippen molar-refractivity contribution in [2.75, 3.05) is 13.2 Å². The molecule has 0 saturated heterocycles. The van der Waals surface area contributed by atoms with Gasteiger partial charge in [0.05, 0.1) is 13.2 Å². The van der Waals surface area contributed by atoms with Crippen LogP contribution in [0.1, 0.15) is 38.8 Å². The molecule has 0 fully saturated rings. The first-order valence-corrected chi connectivity index (χ1v) is 8.09. The van der Waals surface area contributed by atoms with Crippen molar-refractivity contribution in [2.24, 2.45) is 0 Å². The Labute approximate surface area is 146 Å². The number of hydrazine groups is 1. The van der Waals surface area contributed by atoms with Crippen LogP contribution in [0.3, 0.4) is 0 Å². The van der Waals surface area contributed by atoms with Gasteiger partial charge in [-0.3, -0.25) is 4.79 Å². The van der Waals surface area contributed by atoms with Crippen molar-refractivity contribution < 1.29 is 23.9 Å². The van der Waals surface area contributed by atoms with Crippen LogP contribution in [0.2, 0.25) is 0 Å². The molecular weight excluding hydrogens is 324 g/mol. The molecule has 0 saturated carbocycles. The molecule has 0 bridgehead atoms. The fourth-order valence-corrected chi connectivity index (χ4v) is 2.88. The maximum atomic E-state index is 13.0. The molecule has 7 heteroatoms. The van der Waals surface area contributed by atoms with E-state index in [1.807, 2.05) is 12.1 Å². The smallest absolute Gasteiger partial charge is 0.430 e. The van der Waals surface area contributed by atoms with Crippen LogP contribution in [0.25, 0.3) is 6.08 Å². The molecule has 0 spiro atoms. The van der Waals surface area contributed by atoms with Crippen molar-refractivity contribution in [3.63, 3.8) is 0 Å². The first-order valence-electron chi connectivity index (χ1n) is 8.09. The Morgan fingerprint density at radius 3 is 2.44 bits per heavy atom. The van der Waals surface area contributed by atoms with Gasteiger partial charge in [-0.25, -0.2) is 15.0 Å². The zero-order chi connectivity index (χ0) is 18.6. The number of ether oxygens (including phenoxy) is 2. The van der Waals surface area contributed by atoms with Gasteiger partial charge in [0.15, 0.2) is 11.3 Å². The Balaban J connectivity index is 2.56. The van der Waals surface area contributed by atoms with E-state index in [0.29, 0.717) is 11.1 Å². The fourth-order valence-electron chi connectivity index (χ4n) is 2.88. The first-order chi connectivity index (χ1) is 11.9. The summed E-state index contributed by atoms with van der Waals surface area (Å²) in [5.41, 5.74) is 2.76. The second-order valence-corrected chi connectivity index (χ2v) is 5.68. The zero-order valence-corrected chi connectivity index (χ0v) is 14.8. The number of Topliss-reactive ketones (excluding diaryl/α,β-unsaturated/α-hetero) is 1. The van der Waals surface area contributed by atoms with Gasteiger partial charge in [-0.05, 0) is 50.5 Å². The number of carbonyl (C=O) groups excluding carboxylic acids is 3. The summed E-state index contributed by atoms with van der Waals surface area (Å²) < 4.78 is 9.91. The molecule has 1 aliphatic rings. The highest BCUT2D eigenvalue weighted by molar-refractivity contribution is 6.10. The highest BCUT2D eigenvalue weighted by Gasteiger charge is 2.49. The third-order valence-electron chi connectivity index (χ3n) is 4.03. The molecule has 1 unspecified atom stereocenters. The van der Waals surface area contributed by atoms with E-state index >= 15 is 0 Å². The average molecular weight is 346 g/mol. The van der Waals surface area contributed by atoms with Crippen LogP contribution in [0.15, 0.2) is 29.8 Å². The molecule has 7 nitrogen and oxygen atoms in total. The number of benzene rings is 1. The van der Waals surface area contributed by atoms with Crippen molar-refractivity contribution in [1.29, 1.82) is 0 Å². The molecule has 2 rings (SSSR count). The van der Waals surface area contributed by atoms with Gasteiger partial charge in [-0.2, -0.15) is 5.01 Å². The van der Waals surface area contributed by atoms with Crippen molar-refractivity contribution in [3.8, 4) is 0 Å². The summed E-state index contributed by atoms with van der Waals surface area (Å²) in [7, 11) is 0. The largest absolute Gasteiger partial charge is 0.449 e.